The third-order valence-corrected chi connectivity index (χ3v) is 0. The van der Waals surface area contributed by atoms with E-state index in [-0.39, 0.29) is 93.6 Å². The zero-order valence-electron chi connectivity index (χ0n) is 8.02. The second kappa shape index (κ2) is 9.92. The van der Waals surface area contributed by atoms with E-state index < -0.39 is 7.82 Å². The molecule has 0 unspecified atom stereocenters. The minimum Gasteiger partial charge on any atom is -1.00 e. The first-order valence-corrected chi connectivity index (χ1v) is 2.35. The minimum absolute atomic E-state index is 0. The van der Waals surface area contributed by atoms with E-state index in [2.05, 4.69) is 0 Å². The van der Waals surface area contributed by atoms with Crippen molar-refractivity contribution in [3.05, 3.63) is 0 Å². The van der Waals surface area contributed by atoms with Gasteiger partial charge in [-0.25, -0.2) is 4.57 Å². The molecular formula is H8Ca2ClO4P. The third-order valence-electron chi connectivity index (χ3n) is 0. The summed E-state index contributed by atoms with van der Waals surface area (Å²) in [6, 6.07) is 0. The van der Waals surface area contributed by atoms with Crippen molar-refractivity contribution < 1.29 is 25.0 Å². The Labute approximate surface area is 119 Å². The van der Waals surface area contributed by atoms with Crippen LogP contribution in [0.5, 0.6) is 0 Å². The van der Waals surface area contributed by atoms with Gasteiger partial charge in [-0.3, -0.25) is 0 Å². The van der Waals surface area contributed by atoms with E-state index in [1.54, 1.807) is 0 Å². The van der Waals surface area contributed by atoms with Crippen LogP contribution in [-0.4, -0.2) is 90.2 Å². The second-order valence-corrected chi connectivity index (χ2v) is 1.54. The average molecular weight is 219 g/mol. The van der Waals surface area contributed by atoms with Gasteiger partial charge in [0.25, 0.3) is 0 Å². The van der Waals surface area contributed by atoms with Crippen LogP contribution in [0.1, 0.15) is 5.71 Å². The number of phosphoric acid groups is 1. The topological polar surface area (TPSA) is 77.8 Å². The number of hydrogen-bond acceptors (Lipinski definition) is 1. The molecule has 0 aromatic heterocycles. The number of rotatable bonds is 0. The average Bonchev–Trinajstić information content (AvgIpc) is 0.722. The summed E-state index contributed by atoms with van der Waals surface area (Å²) in [5, 5.41) is 0. The predicted molar refractivity (Wildman–Crippen MR) is 37.5 cm³/mol. The molecule has 0 aliphatic rings. The van der Waals surface area contributed by atoms with Gasteiger partial charge in [0.15, 0.2) is 0 Å². The zero-order chi connectivity index (χ0) is 4.50. The fraction of sp³-hybridized carbons (Fsp3) is 0. The molecule has 0 aliphatic heterocycles. The second-order valence-electron chi connectivity index (χ2n) is 0.513. The number of halogens is 1. The van der Waals surface area contributed by atoms with Gasteiger partial charge in [0, 0.05) is 0 Å². The van der Waals surface area contributed by atoms with E-state index in [9.17, 15) is 0 Å². The van der Waals surface area contributed by atoms with Crippen LogP contribution in [0.3, 0.4) is 0 Å². The van der Waals surface area contributed by atoms with Gasteiger partial charge in [-0.15, -0.1) is 12.4 Å². The summed E-state index contributed by atoms with van der Waals surface area (Å²) in [6.07, 6.45) is 0. The van der Waals surface area contributed by atoms with E-state index in [0.29, 0.717) is 0 Å². The van der Waals surface area contributed by atoms with Gasteiger partial charge in [-0.05, 0) is 0 Å². The molecule has 4 nitrogen and oxygen atoms in total. The molecule has 8 heteroatoms. The van der Waals surface area contributed by atoms with Crippen LogP contribution >= 0.6 is 20.2 Å². The third kappa shape index (κ3) is 65.6. The van der Waals surface area contributed by atoms with Gasteiger partial charge in [-0.1, -0.05) is 0 Å². The van der Waals surface area contributed by atoms with Gasteiger partial charge in [0.05, 0.1) is 0 Å². The molecule has 0 aromatic rings. The minimum atomic E-state index is -4.64. The monoisotopic (exact) mass is 218 g/mol. The smallest absolute Gasteiger partial charge is 1.00 e. The van der Waals surface area contributed by atoms with E-state index in [4.69, 9.17) is 19.2 Å². The molecule has 0 aliphatic carbocycles. The molecule has 0 bridgehead atoms. The first-order valence-electron chi connectivity index (χ1n) is 0.783. The Morgan fingerprint density at radius 3 is 1.12 bits per heavy atom. The molecule has 0 radical (unpaired) electrons. The number of hydrogen-bond donors (Lipinski definition) is 3. The van der Waals surface area contributed by atoms with E-state index in [1.165, 1.54) is 0 Å². The Morgan fingerprint density at radius 2 is 1.12 bits per heavy atom. The molecule has 0 saturated heterocycles. The van der Waals surface area contributed by atoms with Crippen molar-refractivity contribution in [1.29, 1.82) is 0 Å². The summed E-state index contributed by atoms with van der Waals surface area (Å²) in [5.41, 5.74) is 0. The Balaban J connectivity index is -0.00000000381. The van der Waals surface area contributed by atoms with Gasteiger partial charge in [-0.2, -0.15) is 0 Å². The van der Waals surface area contributed by atoms with Crippen LogP contribution in [0.25, 0.3) is 0 Å². The van der Waals surface area contributed by atoms with Gasteiger partial charge < -0.3 is 20.4 Å². The summed E-state index contributed by atoms with van der Waals surface area (Å²) in [5.74, 6) is 0. The van der Waals surface area contributed by atoms with Gasteiger partial charge in [0.2, 0.25) is 0 Å². The Morgan fingerprint density at radius 1 is 1.12 bits per heavy atom. The zero-order valence-corrected chi connectivity index (χ0v) is 10.1. The Kier molecular flexibility index (Phi) is 27.8. The summed E-state index contributed by atoms with van der Waals surface area (Å²) >= 11 is 0. The summed E-state index contributed by atoms with van der Waals surface area (Å²) in [7, 11) is -4.64. The maximum absolute atomic E-state index is 8.88. The molecule has 0 fully saturated rings. The first kappa shape index (κ1) is 22.4. The summed E-state index contributed by atoms with van der Waals surface area (Å²) in [4.78, 5) is 21.6. The van der Waals surface area contributed by atoms with E-state index >= 15 is 0 Å². The van der Waals surface area contributed by atoms with Crippen molar-refractivity contribution in [1.82, 2.24) is 0 Å². The molecular weight excluding hydrogens is 211 g/mol. The van der Waals surface area contributed by atoms with Crippen LogP contribution in [0.15, 0.2) is 0 Å². The molecule has 0 rings (SSSR count). The van der Waals surface area contributed by atoms with Crippen LogP contribution in [0, 0.1) is 0 Å². The summed E-state index contributed by atoms with van der Waals surface area (Å²) in [6.45, 7) is 0. The quantitative estimate of drug-likeness (QED) is 0.367. The molecule has 0 saturated carbocycles. The molecule has 0 atom stereocenters. The van der Waals surface area contributed by atoms with Gasteiger partial charge in [0.1, 0.15) is 0 Å². The van der Waals surface area contributed by atoms with Crippen molar-refractivity contribution in [2.75, 3.05) is 0 Å². The predicted octanol–water partition coefficient (Wildman–Crippen LogP) is -0.818. The molecule has 48 valence electrons. The standard InChI is InChI=1S/2Ca.ClH.H3O4P.4H/c;;;1-5(2,3)4;;;;/h;;1H;(H3,1,2,3,4);;;;/q2*+2;;;4*-1. The SMILES string of the molecule is Cl.O=P(O)(O)O.[Ca+2].[Ca+2].[H-].[H-].[H-].[H-]. The Bertz CT molecular complexity index is 71.2. The van der Waals surface area contributed by atoms with Crippen LogP contribution < -0.4 is 0 Å². The molecule has 0 amide bonds. The van der Waals surface area contributed by atoms with Crippen molar-refractivity contribution in [3.8, 4) is 0 Å². The van der Waals surface area contributed by atoms with Crippen molar-refractivity contribution in [2.24, 2.45) is 0 Å². The Hall–Kier alpha value is 2.92. The first-order chi connectivity index (χ1) is 2.00. The van der Waals surface area contributed by atoms with Gasteiger partial charge >= 0.3 is 83.3 Å². The normalized spacial score (nSPS) is 7.38. The molecule has 0 aromatic carbocycles. The van der Waals surface area contributed by atoms with Crippen LogP contribution in [-0.2, 0) is 4.57 Å². The van der Waals surface area contributed by atoms with Crippen LogP contribution in [0.2, 0.25) is 0 Å². The maximum Gasteiger partial charge on any atom is 2.00 e. The largest absolute Gasteiger partial charge is 2.00 e. The fourth-order valence-electron chi connectivity index (χ4n) is 0. The van der Waals surface area contributed by atoms with Crippen LogP contribution in [0.4, 0.5) is 0 Å². The summed E-state index contributed by atoms with van der Waals surface area (Å²) < 4.78 is 8.88. The van der Waals surface area contributed by atoms with Crippen molar-refractivity contribution in [3.63, 3.8) is 0 Å². The van der Waals surface area contributed by atoms with Crippen molar-refractivity contribution >= 4 is 95.7 Å². The molecule has 0 heterocycles. The fourth-order valence-corrected chi connectivity index (χ4v) is 0. The van der Waals surface area contributed by atoms with E-state index in [0.717, 1.165) is 0 Å². The maximum atomic E-state index is 8.88. The van der Waals surface area contributed by atoms with Crippen molar-refractivity contribution in [2.45, 2.75) is 0 Å². The molecule has 8 heavy (non-hydrogen) atoms. The van der Waals surface area contributed by atoms with E-state index in [1.807, 2.05) is 0 Å². The molecule has 0 spiro atoms. The molecule has 3 N–H and O–H groups in total.